The Balaban J connectivity index is 1.57. The van der Waals surface area contributed by atoms with Gasteiger partial charge in [0.05, 0.1) is 15.1 Å². The summed E-state index contributed by atoms with van der Waals surface area (Å²) in [6.07, 6.45) is 1.41. The zero-order chi connectivity index (χ0) is 23.3. The maximum Gasteiger partial charge on any atom is 0.293 e. The van der Waals surface area contributed by atoms with Crippen molar-refractivity contribution < 1.29 is 19.3 Å². The molecule has 0 saturated carbocycles. The lowest BCUT2D eigenvalue weighted by Crippen LogP contribution is -2.39. The average molecular weight is 492 g/mol. The highest BCUT2D eigenvalue weighted by Crippen LogP contribution is 2.33. The third kappa shape index (κ3) is 5.90. The smallest absolute Gasteiger partial charge is 0.293 e. The van der Waals surface area contributed by atoms with Crippen LogP contribution in [0.15, 0.2) is 58.3 Å². The van der Waals surface area contributed by atoms with Crippen LogP contribution in [0, 0.1) is 10.1 Å². The number of nitrogens with zero attached hydrogens (tertiary/aromatic N) is 2. The molecule has 1 unspecified atom stereocenters. The van der Waals surface area contributed by atoms with E-state index in [1.165, 1.54) is 36.0 Å². The number of hydrogen-bond donors (Lipinski definition) is 1. The highest BCUT2D eigenvalue weighted by molar-refractivity contribution is 8.18. The van der Waals surface area contributed by atoms with Gasteiger partial charge in [-0.15, -0.1) is 11.8 Å². The lowest BCUT2D eigenvalue weighted by atomic mass is 10.2. The Kier molecular flexibility index (Phi) is 7.94. The zero-order valence-corrected chi connectivity index (χ0v) is 19.2. The van der Waals surface area contributed by atoms with Gasteiger partial charge in [0.2, 0.25) is 5.91 Å². The van der Waals surface area contributed by atoms with Crippen molar-refractivity contribution in [2.75, 3.05) is 13.1 Å². The third-order valence-electron chi connectivity index (χ3n) is 4.40. The van der Waals surface area contributed by atoms with Gasteiger partial charge in [-0.3, -0.25) is 29.4 Å². The molecule has 32 heavy (non-hydrogen) atoms. The molecule has 1 fully saturated rings. The van der Waals surface area contributed by atoms with Gasteiger partial charge in [0.15, 0.2) is 0 Å². The Hall–Kier alpha value is -2.82. The molecule has 2 aromatic carbocycles. The molecule has 3 rings (SSSR count). The quantitative estimate of drug-likeness (QED) is 0.249. The molecule has 0 radical (unpaired) electrons. The number of benzene rings is 2. The minimum Gasteiger partial charge on any atom is -0.353 e. The van der Waals surface area contributed by atoms with E-state index in [2.05, 4.69) is 5.32 Å². The number of halogens is 1. The first-order chi connectivity index (χ1) is 15.3. The molecule has 8 nitrogen and oxygen atoms in total. The largest absolute Gasteiger partial charge is 0.353 e. The van der Waals surface area contributed by atoms with Crippen molar-refractivity contribution >= 4 is 63.9 Å². The van der Waals surface area contributed by atoms with E-state index < -0.39 is 16.1 Å². The summed E-state index contributed by atoms with van der Waals surface area (Å²) in [7, 11) is 0. The molecule has 0 aliphatic carbocycles. The molecule has 0 bridgehead atoms. The number of carbonyl (C=O) groups is 3. The van der Waals surface area contributed by atoms with Gasteiger partial charge in [0.1, 0.15) is 5.02 Å². The van der Waals surface area contributed by atoms with E-state index in [9.17, 15) is 24.5 Å². The van der Waals surface area contributed by atoms with Crippen LogP contribution < -0.4 is 5.32 Å². The molecule has 1 heterocycles. The van der Waals surface area contributed by atoms with Crippen LogP contribution in [0.3, 0.4) is 0 Å². The van der Waals surface area contributed by atoms with Crippen LogP contribution in [0.1, 0.15) is 12.5 Å². The maximum absolute atomic E-state index is 12.6. The second-order valence-electron chi connectivity index (χ2n) is 6.67. The number of rotatable bonds is 8. The summed E-state index contributed by atoms with van der Waals surface area (Å²) in [5, 5.41) is 12.9. The monoisotopic (exact) mass is 491 g/mol. The van der Waals surface area contributed by atoms with E-state index in [1.54, 1.807) is 6.92 Å². The van der Waals surface area contributed by atoms with E-state index >= 15 is 0 Å². The van der Waals surface area contributed by atoms with Gasteiger partial charge >= 0.3 is 0 Å². The van der Waals surface area contributed by atoms with Crippen LogP contribution in [-0.4, -0.2) is 45.2 Å². The van der Waals surface area contributed by atoms with E-state index in [0.29, 0.717) is 5.56 Å². The first-order valence-electron chi connectivity index (χ1n) is 9.45. The molecule has 1 atom stereocenters. The number of imide groups is 1. The number of nitro benzene ring substituents is 1. The second-order valence-corrected chi connectivity index (χ2v) is 9.48. The predicted octanol–water partition coefficient (Wildman–Crippen LogP) is 4.58. The molecule has 0 spiro atoms. The van der Waals surface area contributed by atoms with Crippen molar-refractivity contribution in [3.63, 3.8) is 0 Å². The molecule has 1 aliphatic heterocycles. The Morgan fingerprint density at radius 3 is 2.69 bits per heavy atom. The predicted molar refractivity (Wildman–Crippen MR) is 126 cm³/mol. The topological polar surface area (TPSA) is 110 Å². The van der Waals surface area contributed by atoms with E-state index in [-0.39, 0.29) is 39.9 Å². The maximum atomic E-state index is 12.6. The summed E-state index contributed by atoms with van der Waals surface area (Å²) in [6, 6.07) is 13.6. The van der Waals surface area contributed by atoms with Gasteiger partial charge in [-0.1, -0.05) is 35.9 Å². The SMILES string of the molecule is CC(Sc1ccccc1)C(=O)NCCN1C(=O)S/C(=C\c2ccc(Cl)c([N+](=O)[O-])c2)C1=O. The van der Waals surface area contributed by atoms with Crippen molar-refractivity contribution in [3.8, 4) is 0 Å². The second kappa shape index (κ2) is 10.7. The fourth-order valence-electron chi connectivity index (χ4n) is 2.79. The lowest BCUT2D eigenvalue weighted by Gasteiger charge is -2.15. The molecular formula is C21H18ClN3O5S2. The van der Waals surface area contributed by atoms with Crippen LogP contribution in [0.25, 0.3) is 6.08 Å². The number of nitro groups is 1. The number of amides is 3. The molecule has 1 N–H and O–H groups in total. The van der Waals surface area contributed by atoms with Gasteiger partial charge in [-0.05, 0) is 48.5 Å². The summed E-state index contributed by atoms with van der Waals surface area (Å²) in [5.74, 6) is -0.714. The summed E-state index contributed by atoms with van der Waals surface area (Å²) >= 11 is 7.95. The molecule has 1 saturated heterocycles. The molecule has 11 heteroatoms. The highest BCUT2D eigenvalue weighted by atomic mass is 35.5. The fourth-order valence-corrected chi connectivity index (χ4v) is 4.76. The molecule has 2 aromatic rings. The van der Waals surface area contributed by atoms with E-state index in [1.807, 2.05) is 30.3 Å². The minimum atomic E-state index is -0.620. The fraction of sp³-hybridized carbons (Fsp3) is 0.190. The van der Waals surface area contributed by atoms with Crippen molar-refractivity contribution in [2.24, 2.45) is 0 Å². The van der Waals surface area contributed by atoms with Gasteiger partial charge in [-0.25, -0.2) is 0 Å². The number of thioether (sulfide) groups is 2. The highest BCUT2D eigenvalue weighted by Gasteiger charge is 2.34. The Morgan fingerprint density at radius 1 is 1.28 bits per heavy atom. The van der Waals surface area contributed by atoms with E-state index in [4.69, 9.17) is 11.6 Å². The Bertz CT molecular complexity index is 1090. The minimum absolute atomic E-state index is 0.0179. The van der Waals surface area contributed by atoms with E-state index in [0.717, 1.165) is 21.6 Å². The van der Waals surface area contributed by atoms with Crippen molar-refractivity contribution in [3.05, 3.63) is 74.1 Å². The molecular weight excluding hydrogens is 474 g/mol. The van der Waals surface area contributed by atoms with Gasteiger partial charge in [0.25, 0.3) is 16.8 Å². The molecule has 166 valence electrons. The van der Waals surface area contributed by atoms with Gasteiger partial charge < -0.3 is 5.32 Å². The van der Waals surface area contributed by atoms with Crippen molar-refractivity contribution in [1.82, 2.24) is 10.2 Å². The Morgan fingerprint density at radius 2 is 2.00 bits per heavy atom. The van der Waals surface area contributed by atoms with Crippen LogP contribution >= 0.6 is 35.1 Å². The Labute approximate surface area is 197 Å². The van der Waals surface area contributed by atoms with Crippen LogP contribution in [0.5, 0.6) is 0 Å². The molecule has 3 amide bonds. The van der Waals surface area contributed by atoms with Gasteiger partial charge in [-0.2, -0.15) is 0 Å². The van der Waals surface area contributed by atoms with Crippen LogP contribution in [0.4, 0.5) is 10.5 Å². The third-order valence-corrected chi connectivity index (χ3v) is 6.74. The van der Waals surface area contributed by atoms with Crippen molar-refractivity contribution in [1.29, 1.82) is 0 Å². The number of hydrogen-bond acceptors (Lipinski definition) is 7. The number of carbonyl (C=O) groups excluding carboxylic acids is 3. The lowest BCUT2D eigenvalue weighted by molar-refractivity contribution is -0.384. The summed E-state index contributed by atoms with van der Waals surface area (Å²) in [6.45, 7) is 1.93. The van der Waals surface area contributed by atoms with Crippen LogP contribution in [0.2, 0.25) is 5.02 Å². The average Bonchev–Trinajstić information content (AvgIpc) is 3.02. The summed E-state index contributed by atoms with van der Waals surface area (Å²) in [4.78, 5) is 49.7. The van der Waals surface area contributed by atoms with Crippen LogP contribution in [-0.2, 0) is 9.59 Å². The number of nitrogens with one attached hydrogen (secondary N) is 1. The molecule has 1 aliphatic rings. The standard InChI is InChI=1S/C21H18ClN3O5S2/c1-13(31-15-5-3-2-4-6-15)19(26)23-9-10-24-20(27)18(32-21(24)28)12-14-7-8-16(22)17(11-14)25(29)30/h2-8,11-13H,9-10H2,1H3,(H,23,26)/b18-12-. The normalized spacial score (nSPS) is 15.8. The summed E-state index contributed by atoms with van der Waals surface area (Å²) in [5.41, 5.74) is 0.0940. The first-order valence-corrected chi connectivity index (χ1v) is 11.5. The summed E-state index contributed by atoms with van der Waals surface area (Å²) < 4.78 is 0. The first kappa shape index (κ1) is 23.8. The van der Waals surface area contributed by atoms with Crippen molar-refractivity contribution in [2.45, 2.75) is 17.1 Å². The zero-order valence-electron chi connectivity index (χ0n) is 16.8. The van der Waals surface area contributed by atoms with Gasteiger partial charge in [0, 0.05) is 24.1 Å². The molecule has 0 aromatic heterocycles.